The molecule has 0 radical (unpaired) electrons. The van der Waals surface area contributed by atoms with Crippen LogP contribution in [0.1, 0.15) is 72.8 Å². The largest absolute Gasteiger partial charge is 0.331 e. The maximum atomic E-state index is 14.6. The molecule has 0 fully saturated rings. The number of fused-ring (bicyclic) bond motifs is 1. The molecule has 1 aliphatic rings. The first kappa shape index (κ1) is 24.1. The molecule has 1 unspecified atom stereocenters. The predicted octanol–water partition coefficient (Wildman–Crippen LogP) is 7.42. The molecule has 36 heavy (non-hydrogen) atoms. The van der Waals surface area contributed by atoms with Crippen LogP contribution in [0.25, 0.3) is 16.9 Å². The maximum absolute atomic E-state index is 14.6. The van der Waals surface area contributed by atoms with Crippen LogP contribution in [0.3, 0.4) is 0 Å². The Kier molecular flexibility index (Phi) is 7.31. The van der Waals surface area contributed by atoms with E-state index in [9.17, 15) is 4.79 Å². The van der Waals surface area contributed by atoms with Crippen LogP contribution in [-0.4, -0.2) is 27.1 Å². The molecule has 4 heteroatoms. The van der Waals surface area contributed by atoms with Crippen molar-refractivity contribution in [3.05, 3.63) is 107 Å². The Morgan fingerprint density at radius 2 is 1.58 bits per heavy atom. The number of carbonyl (C=O) groups is 1. The molecular formula is C32H35N3O. The van der Waals surface area contributed by atoms with E-state index in [-0.39, 0.29) is 11.9 Å². The van der Waals surface area contributed by atoms with Gasteiger partial charge < -0.3 is 4.90 Å². The molecule has 184 valence electrons. The molecule has 0 aliphatic carbocycles. The van der Waals surface area contributed by atoms with Crippen molar-refractivity contribution in [3.63, 3.8) is 0 Å². The third-order valence-electron chi connectivity index (χ3n) is 7.23. The van der Waals surface area contributed by atoms with Crippen molar-refractivity contribution in [1.29, 1.82) is 0 Å². The van der Waals surface area contributed by atoms with E-state index in [2.05, 4.69) is 67.3 Å². The van der Waals surface area contributed by atoms with Crippen molar-refractivity contribution in [2.75, 3.05) is 6.54 Å². The van der Waals surface area contributed by atoms with Gasteiger partial charge in [-0.05, 0) is 42.5 Å². The SMILES string of the molecule is CCCCC1c2ccccc2CCN1C(=O)c1c(-c2ccccc2)nn(-c2ccccc2)c1CCC. The summed E-state index contributed by atoms with van der Waals surface area (Å²) in [6.07, 6.45) is 5.81. The van der Waals surface area contributed by atoms with Crippen molar-refractivity contribution >= 4 is 5.91 Å². The summed E-state index contributed by atoms with van der Waals surface area (Å²) in [5.74, 6) is 0.107. The quantitative estimate of drug-likeness (QED) is 0.265. The van der Waals surface area contributed by atoms with E-state index in [1.165, 1.54) is 11.1 Å². The van der Waals surface area contributed by atoms with Gasteiger partial charge >= 0.3 is 0 Å². The Bertz CT molecular complexity index is 1310. The lowest BCUT2D eigenvalue weighted by Gasteiger charge is -2.38. The van der Waals surface area contributed by atoms with E-state index in [1.54, 1.807) is 0 Å². The summed E-state index contributed by atoms with van der Waals surface area (Å²) in [6.45, 7) is 5.12. The molecule has 0 N–H and O–H groups in total. The van der Waals surface area contributed by atoms with Gasteiger partial charge in [0.25, 0.3) is 5.91 Å². The minimum atomic E-state index is 0.0978. The summed E-state index contributed by atoms with van der Waals surface area (Å²) < 4.78 is 2.00. The van der Waals surface area contributed by atoms with Gasteiger partial charge in [0.2, 0.25) is 0 Å². The number of para-hydroxylation sites is 1. The first-order valence-corrected chi connectivity index (χ1v) is 13.3. The van der Waals surface area contributed by atoms with E-state index < -0.39 is 0 Å². The highest BCUT2D eigenvalue weighted by Crippen LogP contribution is 2.37. The van der Waals surface area contributed by atoms with Crippen LogP contribution in [0, 0.1) is 0 Å². The summed E-state index contributed by atoms with van der Waals surface area (Å²) in [6, 6.07) is 29.1. The van der Waals surface area contributed by atoms with Crippen molar-refractivity contribution in [3.8, 4) is 16.9 Å². The topological polar surface area (TPSA) is 38.1 Å². The summed E-state index contributed by atoms with van der Waals surface area (Å²) in [5, 5.41) is 5.09. The predicted molar refractivity (Wildman–Crippen MR) is 146 cm³/mol. The highest BCUT2D eigenvalue weighted by Gasteiger charge is 2.35. The number of hydrogen-bond donors (Lipinski definition) is 0. The average molecular weight is 478 g/mol. The number of carbonyl (C=O) groups excluding carboxylic acids is 1. The third-order valence-corrected chi connectivity index (χ3v) is 7.23. The molecule has 4 nitrogen and oxygen atoms in total. The van der Waals surface area contributed by atoms with Gasteiger partial charge in [-0.2, -0.15) is 5.10 Å². The zero-order chi connectivity index (χ0) is 24.9. The number of rotatable bonds is 8. The molecule has 3 aromatic carbocycles. The monoisotopic (exact) mass is 477 g/mol. The van der Waals surface area contributed by atoms with Crippen molar-refractivity contribution in [2.45, 2.75) is 58.4 Å². The van der Waals surface area contributed by atoms with Gasteiger partial charge in [-0.15, -0.1) is 0 Å². The van der Waals surface area contributed by atoms with Crippen LogP contribution in [0.4, 0.5) is 0 Å². The van der Waals surface area contributed by atoms with Gasteiger partial charge in [0.05, 0.1) is 23.0 Å². The van der Waals surface area contributed by atoms with Gasteiger partial charge in [-0.1, -0.05) is 106 Å². The lowest BCUT2D eigenvalue weighted by molar-refractivity contribution is 0.0647. The fourth-order valence-electron chi connectivity index (χ4n) is 5.47. The average Bonchev–Trinajstić information content (AvgIpc) is 3.31. The minimum Gasteiger partial charge on any atom is -0.331 e. The number of hydrogen-bond acceptors (Lipinski definition) is 2. The lowest BCUT2D eigenvalue weighted by Crippen LogP contribution is -2.40. The second-order valence-corrected chi connectivity index (χ2v) is 9.64. The molecule has 4 aromatic rings. The van der Waals surface area contributed by atoms with Crippen LogP contribution in [0.15, 0.2) is 84.9 Å². The van der Waals surface area contributed by atoms with Gasteiger partial charge in [0.1, 0.15) is 5.69 Å². The van der Waals surface area contributed by atoms with Gasteiger partial charge in [0, 0.05) is 12.1 Å². The Hall–Kier alpha value is -3.66. The molecule has 1 aliphatic heterocycles. The molecule has 0 bridgehead atoms. The molecular weight excluding hydrogens is 442 g/mol. The maximum Gasteiger partial charge on any atom is 0.258 e. The summed E-state index contributed by atoms with van der Waals surface area (Å²) >= 11 is 0. The third kappa shape index (κ3) is 4.60. The Morgan fingerprint density at radius 3 is 2.31 bits per heavy atom. The second kappa shape index (κ2) is 10.9. The van der Waals surface area contributed by atoms with Gasteiger partial charge in [-0.3, -0.25) is 4.79 Å². The number of aromatic nitrogens is 2. The zero-order valence-corrected chi connectivity index (χ0v) is 21.4. The Balaban J connectivity index is 1.66. The second-order valence-electron chi connectivity index (χ2n) is 9.64. The first-order chi connectivity index (χ1) is 17.7. The molecule has 2 heterocycles. The van der Waals surface area contributed by atoms with Gasteiger partial charge in [-0.25, -0.2) is 4.68 Å². The van der Waals surface area contributed by atoms with Crippen molar-refractivity contribution in [2.24, 2.45) is 0 Å². The molecule has 0 saturated carbocycles. The Labute approximate surface area is 214 Å². The molecule has 1 aromatic heterocycles. The highest BCUT2D eigenvalue weighted by molar-refractivity contribution is 6.01. The smallest absolute Gasteiger partial charge is 0.258 e. The molecule has 0 saturated heterocycles. The van der Waals surface area contributed by atoms with Gasteiger partial charge in [0.15, 0.2) is 0 Å². The normalized spacial score (nSPS) is 15.1. The van der Waals surface area contributed by atoms with E-state index in [0.717, 1.165) is 73.3 Å². The Morgan fingerprint density at radius 1 is 0.889 bits per heavy atom. The zero-order valence-electron chi connectivity index (χ0n) is 21.4. The lowest BCUT2D eigenvalue weighted by atomic mass is 9.88. The van der Waals surface area contributed by atoms with E-state index in [1.807, 2.05) is 41.1 Å². The number of nitrogens with zero attached hydrogens (tertiary/aromatic N) is 3. The van der Waals surface area contributed by atoms with Crippen LogP contribution in [0.5, 0.6) is 0 Å². The molecule has 1 atom stereocenters. The standard InChI is InChI=1S/C32H35N3O/c1-3-5-21-28-27-20-13-12-15-24(27)22-23-34(28)32(36)30-29(14-4-2)35(26-18-10-7-11-19-26)33-31(30)25-16-8-6-9-17-25/h6-13,15-20,28H,3-5,14,21-23H2,1-2H3. The highest BCUT2D eigenvalue weighted by atomic mass is 16.2. The fraction of sp³-hybridized carbons (Fsp3) is 0.312. The first-order valence-electron chi connectivity index (χ1n) is 13.3. The van der Waals surface area contributed by atoms with Crippen LogP contribution < -0.4 is 0 Å². The summed E-state index contributed by atoms with van der Waals surface area (Å²) in [5.41, 5.74) is 7.19. The number of unbranched alkanes of at least 4 members (excludes halogenated alkanes) is 1. The minimum absolute atomic E-state index is 0.0978. The molecule has 0 spiro atoms. The number of benzene rings is 3. The van der Waals surface area contributed by atoms with E-state index in [0.29, 0.717) is 0 Å². The number of amides is 1. The van der Waals surface area contributed by atoms with E-state index in [4.69, 9.17) is 5.10 Å². The molecule has 1 amide bonds. The summed E-state index contributed by atoms with van der Waals surface area (Å²) in [4.78, 5) is 16.7. The molecule has 5 rings (SSSR count). The van der Waals surface area contributed by atoms with Crippen molar-refractivity contribution < 1.29 is 4.79 Å². The van der Waals surface area contributed by atoms with E-state index >= 15 is 0 Å². The summed E-state index contributed by atoms with van der Waals surface area (Å²) in [7, 11) is 0. The fourth-order valence-corrected chi connectivity index (χ4v) is 5.47. The van der Waals surface area contributed by atoms with Crippen LogP contribution in [0.2, 0.25) is 0 Å². The van der Waals surface area contributed by atoms with Crippen LogP contribution in [-0.2, 0) is 12.8 Å². The van der Waals surface area contributed by atoms with Crippen LogP contribution >= 0.6 is 0 Å². The van der Waals surface area contributed by atoms with Crippen molar-refractivity contribution in [1.82, 2.24) is 14.7 Å².